The van der Waals surface area contributed by atoms with Crippen molar-refractivity contribution in [2.45, 2.75) is 44.2 Å². The SMILES string of the molecule is CCCNC(=O)[C@H](Cc1ccccc1)N(Cc1cccc(C)c1)C(=O)CN(c1ccc(OC)c(OC)c1)S(=O)(=O)c1ccccc1. The number of benzene rings is 4. The number of carbonyl (C=O) groups is 2. The number of nitrogens with zero attached hydrogens (tertiary/aromatic N) is 2. The number of nitrogens with one attached hydrogen (secondary N) is 1. The van der Waals surface area contributed by atoms with E-state index in [1.165, 1.54) is 37.3 Å². The van der Waals surface area contributed by atoms with Crippen LogP contribution in [0.25, 0.3) is 0 Å². The summed E-state index contributed by atoms with van der Waals surface area (Å²) in [7, 11) is -1.30. The van der Waals surface area contributed by atoms with Crippen LogP contribution in [0.2, 0.25) is 0 Å². The minimum absolute atomic E-state index is 0.0179. The topological polar surface area (TPSA) is 105 Å². The van der Waals surface area contributed by atoms with Crippen LogP contribution in [-0.4, -0.2) is 58.5 Å². The van der Waals surface area contributed by atoms with E-state index in [1.54, 1.807) is 30.3 Å². The second kappa shape index (κ2) is 15.9. The maximum atomic E-state index is 14.6. The van der Waals surface area contributed by atoms with Gasteiger partial charge in [-0.05, 0) is 48.7 Å². The molecule has 4 aromatic rings. The maximum absolute atomic E-state index is 14.6. The van der Waals surface area contributed by atoms with Crippen molar-refractivity contribution in [2.24, 2.45) is 0 Å². The molecule has 0 aliphatic rings. The fourth-order valence-corrected chi connectivity index (χ4v) is 6.58. The van der Waals surface area contributed by atoms with E-state index < -0.39 is 28.5 Å². The fraction of sp³-hybridized carbons (Fsp3) is 0.278. The third-order valence-electron chi connectivity index (χ3n) is 7.52. The van der Waals surface area contributed by atoms with Crippen LogP contribution in [0, 0.1) is 6.92 Å². The Hall–Kier alpha value is -4.83. The first-order valence-electron chi connectivity index (χ1n) is 15.1. The van der Waals surface area contributed by atoms with Crippen LogP contribution in [0.3, 0.4) is 0 Å². The van der Waals surface area contributed by atoms with Gasteiger partial charge in [-0.25, -0.2) is 8.42 Å². The molecule has 4 rings (SSSR count). The molecule has 0 aliphatic carbocycles. The lowest BCUT2D eigenvalue weighted by Crippen LogP contribution is -2.53. The summed E-state index contributed by atoms with van der Waals surface area (Å²) in [6, 6.07) is 28.9. The zero-order chi connectivity index (χ0) is 33.1. The highest BCUT2D eigenvalue weighted by molar-refractivity contribution is 7.92. The molecule has 10 heteroatoms. The van der Waals surface area contributed by atoms with Gasteiger partial charge in [0, 0.05) is 25.6 Å². The van der Waals surface area contributed by atoms with Crippen molar-refractivity contribution in [3.8, 4) is 11.5 Å². The molecule has 4 aromatic carbocycles. The van der Waals surface area contributed by atoms with Crippen LogP contribution in [0.15, 0.2) is 108 Å². The predicted octanol–water partition coefficient (Wildman–Crippen LogP) is 5.37. The van der Waals surface area contributed by atoms with Crippen molar-refractivity contribution in [3.63, 3.8) is 0 Å². The third-order valence-corrected chi connectivity index (χ3v) is 9.31. The van der Waals surface area contributed by atoms with Gasteiger partial charge in [-0.15, -0.1) is 0 Å². The molecule has 0 aromatic heterocycles. The number of aryl methyl sites for hydroxylation is 1. The van der Waals surface area contributed by atoms with E-state index in [1.807, 2.05) is 68.4 Å². The molecule has 0 radical (unpaired) electrons. The average Bonchev–Trinajstić information content (AvgIpc) is 3.08. The summed E-state index contributed by atoms with van der Waals surface area (Å²) in [5.41, 5.74) is 2.90. The van der Waals surface area contributed by atoms with Gasteiger partial charge in [0.2, 0.25) is 11.8 Å². The summed E-state index contributed by atoms with van der Waals surface area (Å²) < 4.78 is 40.3. The number of hydrogen-bond acceptors (Lipinski definition) is 6. The van der Waals surface area contributed by atoms with Crippen LogP contribution < -0.4 is 19.1 Å². The van der Waals surface area contributed by atoms with Crippen molar-refractivity contribution >= 4 is 27.5 Å². The number of methoxy groups -OCH3 is 2. The highest BCUT2D eigenvalue weighted by atomic mass is 32.2. The molecule has 0 bridgehead atoms. The zero-order valence-corrected chi connectivity index (χ0v) is 27.5. The molecule has 1 atom stereocenters. The van der Waals surface area contributed by atoms with E-state index in [4.69, 9.17) is 9.47 Å². The van der Waals surface area contributed by atoms with Crippen LogP contribution in [-0.2, 0) is 32.6 Å². The van der Waals surface area contributed by atoms with Crippen molar-refractivity contribution in [3.05, 3.63) is 120 Å². The highest BCUT2D eigenvalue weighted by Gasteiger charge is 2.35. The van der Waals surface area contributed by atoms with Crippen LogP contribution >= 0.6 is 0 Å². The Morgan fingerprint density at radius 2 is 1.46 bits per heavy atom. The smallest absolute Gasteiger partial charge is 0.264 e. The Balaban J connectivity index is 1.83. The Morgan fingerprint density at radius 3 is 2.09 bits per heavy atom. The van der Waals surface area contributed by atoms with Crippen molar-refractivity contribution in [2.75, 3.05) is 31.6 Å². The predicted molar refractivity (Wildman–Crippen MR) is 179 cm³/mol. The number of rotatable bonds is 15. The minimum atomic E-state index is -4.24. The molecule has 0 aliphatic heterocycles. The molecule has 1 N–H and O–H groups in total. The Bertz CT molecular complexity index is 1710. The molecule has 0 heterocycles. The summed E-state index contributed by atoms with van der Waals surface area (Å²) in [4.78, 5) is 29.8. The first kappa shape index (κ1) is 34.1. The quantitative estimate of drug-likeness (QED) is 0.187. The summed E-state index contributed by atoms with van der Waals surface area (Å²) in [5.74, 6) is -0.136. The molecule has 242 valence electrons. The summed E-state index contributed by atoms with van der Waals surface area (Å²) in [5, 5.41) is 2.96. The molecule has 0 saturated heterocycles. The summed E-state index contributed by atoms with van der Waals surface area (Å²) >= 11 is 0. The van der Waals surface area contributed by atoms with Gasteiger partial charge in [-0.3, -0.25) is 13.9 Å². The summed E-state index contributed by atoms with van der Waals surface area (Å²) in [6.45, 7) is 3.89. The second-order valence-electron chi connectivity index (χ2n) is 10.9. The van der Waals surface area contributed by atoms with Gasteiger partial charge in [0.25, 0.3) is 10.0 Å². The van der Waals surface area contributed by atoms with Crippen LogP contribution in [0.5, 0.6) is 11.5 Å². The number of ether oxygens (including phenoxy) is 2. The van der Waals surface area contributed by atoms with E-state index in [2.05, 4.69) is 5.32 Å². The van der Waals surface area contributed by atoms with Crippen molar-refractivity contribution < 1.29 is 27.5 Å². The van der Waals surface area contributed by atoms with Gasteiger partial charge in [-0.2, -0.15) is 0 Å². The monoisotopic (exact) mass is 643 g/mol. The molecule has 9 nitrogen and oxygen atoms in total. The van der Waals surface area contributed by atoms with Gasteiger partial charge in [-0.1, -0.05) is 85.3 Å². The molecule has 2 amide bonds. The average molecular weight is 644 g/mol. The lowest BCUT2D eigenvalue weighted by molar-refractivity contribution is -0.140. The van der Waals surface area contributed by atoms with E-state index in [0.717, 1.165) is 27.4 Å². The standard InChI is InChI=1S/C36H41N3O6S/c1-5-21-37-36(41)32(23-28-14-8-6-9-15-28)38(25-29-16-12-13-27(2)22-29)35(40)26-39(46(42,43)31-17-10-7-11-18-31)30-19-20-33(44-3)34(24-30)45-4/h6-20,22,24,32H,5,21,23,25-26H2,1-4H3,(H,37,41)/t32-/m0/s1. The Morgan fingerprint density at radius 1 is 0.804 bits per heavy atom. The van der Waals surface area contributed by atoms with E-state index in [0.29, 0.717) is 18.0 Å². The zero-order valence-electron chi connectivity index (χ0n) is 26.7. The highest BCUT2D eigenvalue weighted by Crippen LogP contribution is 2.34. The van der Waals surface area contributed by atoms with Gasteiger partial charge >= 0.3 is 0 Å². The van der Waals surface area contributed by atoms with E-state index >= 15 is 0 Å². The van der Waals surface area contributed by atoms with Gasteiger partial charge in [0.15, 0.2) is 11.5 Å². The van der Waals surface area contributed by atoms with Gasteiger partial charge < -0.3 is 19.7 Å². The third kappa shape index (κ3) is 8.45. The fourth-order valence-electron chi connectivity index (χ4n) is 5.16. The minimum Gasteiger partial charge on any atom is -0.493 e. The molecule has 0 spiro atoms. The van der Waals surface area contributed by atoms with Crippen LogP contribution in [0.1, 0.15) is 30.0 Å². The molecule has 0 fully saturated rings. The first-order valence-corrected chi connectivity index (χ1v) is 16.6. The van der Waals surface area contributed by atoms with Crippen molar-refractivity contribution in [1.29, 1.82) is 0 Å². The molecule has 0 saturated carbocycles. The van der Waals surface area contributed by atoms with Gasteiger partial charge in [0.05, 0.1) is 24.8 Å². The number of sulfonamides is 1. The Kier molecular flexibility index (Phi) is 11.8. The van der Waals surface area contributed by atoms with Crippen molar-refractivity contribution in [1.82, 2.24) is 10.2 Å². The van der Waals surface area contributed by atoms with Crippen LogP contribution in [0.4, 0.5) is 5.69 Å². The molecular weight excluding hydrogens is 602 g/mol. The normalized spacial score (nSPS) is 11.7. The molecule has 0 unspecified atom stereocenters. The number of hydrogen-bond donors (Lipinski definition) is 1. The second-order valence-corrected chi connectivity index (χ2v) is 12.7. The molecular formula is C36H41N3O6S. The van der Waals surface area contributed by atoms with E-state index in [-0.39, 0.29) is 29.5 Å². The molecule has 46 heavy (non-hydrogen) atoms. The first-order chi connectivity index (χ1) is 22.2. The number of amides is 2. The lowest BCUT2D eigenvalue weighted by atomic mass is 10.0. The largest absolute Gasteiger partial charge is 0.493 e. The van der Waals surface area contributed by atoms with E-state index in [9.17, 15) is 18.0 Å². The number of carbonyl (C=O) groups excluding carboxylic acids is 2. The maximum Gasteiger partial charge on any atom is 0.264 e. The number of anilines is 1. The van der Waals surface area contributed by atoms with Gasteiger partial charge in [0.1, 0.15) is 12.6 Å². The Labute approximate surface area is 271 Å². The lowest BCUT2D eigenvalue weighted by Gasteiger charge is -2.34. The summed E-state index contributed by atoms with van der Waals surface area (Å²) in [6.07, 6.45) is 0.966.